The van der Waals surface area contributed by atoms with Crippen molar-refractivity contribution in [2.45, 2.75) is 5.16 Å². The van der Waals surface area contributed by atoms with Gasteiger partial charge in [-0.25, -0.2) is 4.98 Å². The van der Waals surface area contributed by atoms with Gasteiger partial charge in [0.05, 0.1) is 23.5 Å². The van der Waals surface area contributed by atoms with Gasteiger partial charge in [0.1, 0.15) is 4.70 Å². The summed E-state index contributed by atoms with van der Waals surface area (Å²) in [5.41, 5.74) is 1.12. The topological polar surface area (TPSA) is 93.1 Å². The van der Waals surface area contributed by atoms with Crippen LogP contribution < -0.4 is 16.2 Å². The molecule has 140 valence electrons. The van der Waals surface area contributed by atoms with Crippen molar-refractivity contribution in [1.82, 2.24) is 14.9 Å². The minimum Gasteiger partial charge on any atom is -0.346 e. The summed E-state index contributed by atoms with van der Waals surface area (Å²) in [6.07, 6.45) is 0. The SMILES string of the molecule is Cn1c(SCC(=O)NCC(=O)Nc2ccccc2Br)nc2ccsc2c1=O. The lowest BCUT2D eigenvalue weighted by Crippen LogP contribution is -2.34. The molecule has 7 nitrogen and oxygen atoms in total. The van der Waals surface area contributed by atoms with Crippen LogP contribution >= 0.6 is 39.0 Å². The van der Waals surface area contributed by atoms with Crippen molar-refractivity contribution < 1.29 is 9.59 Å². The van der Waals surface area contributed by atoms with Crippen molar-refractivity contribution >= 4 is 66.7 Å². The molecular weight excluding hydrogens is 452 g/mol. The minimum atomic E-state index is -0.328. The van der Waals surface area contributed by atoms with E-state index in [1.807, 2.05) is 17.5 Å². The average Bonchev–Trinajstić information content (AvgIpc) is 3.12. The van der Waals surface area contributed by atoms with E-state index in [0.29, 0.717) is 21.1 Å². The number of anilines is 1. The first-order valence-electron chi connectivity index (χ1n) is 7.84. The zero-order valence-corrected chi connectivity index (χ0v) is 17.4. The Kier molecular flexibility index (Phi) is 6.30. The molecule has 0 atom stereocenters. The first-order valence-corrected chi connectivity index (χ1v) is 10.5. The molecule has 0 aliphatic rings. The third-order valence-electron chi connectivity index (χ3n) is 3.57. The highest BCUT2D eigenvalue weighted by Crippen LogP contribution is 2.21. The predicted octanol–water partition coefficient (Wildman–Crippen LogP) is 2.60. The standard InChI is InChI=1S/C17H15BrN4O3S2/c1-22-16(25)15-12(6-7-26-15)21-17(22)27-9-14(24)19-8-13(23)20-11-5-3-2-4-10(11)18/h2-7H,8-9H2,1H3,(H,19,24)(H,20,23). The molecule has 1 aromatic carbocycles. The van der Waals surface area contributed by atoms with Crippen LogP contribution in [0, 0.1) is 0 Å². The van der Waals surface area contributed by atoms with Crippen molar-refractivity contribution in [3.05, 3.63) is 50.5 Å². The Bertz CT molecular complexity index is 1060. The molecule has 10 heteroatoms. The van der Waals surface area contributed by atoms with Crippen LogP contribution in [0.3, 0.4) is 0 Å². The number of carbonyl (C=O) groups excluding carboxylic acids is 2. The van der Waals surface area contributed by atoms with Crippen LogP contribution in [0.15, 0.2) is 50.1 Å². The Hall–Kier alpha value is -2.17. The Morgan fingerprint density at radius 3 is 2.81 bits per heavy atom. The first-order chi connectivity index (χ1) is 13.0. The zero-order valence-electron chi connectivity index (χ0n) is 14.2. The van der Waals surface area contributed by atoms with Gasteiger partial charge in [-0.3, -0.25) is 19.0 Å². The number of halogens is 1. The van der Waals surface area contributed by atoms with E-state index in [1.54, 1.807) is 25.2 Å². The van der Waals surface area contributed by atoms with Crippen LogP contribution in [0.5, 0.6) is 0 Å². The third kappa shape index (κ3) is 4.76. The van der Waals surface area contributed by atoms with Gasteiger partial charge in [-0.15, -0.1) is 11.3 Å². The number of hydrogen-bond acceptors (Lipinski definition) is 6. The molecule has 0 aliphatic heterocycles. The molecule has 2 heterocycles. The second kappa shape index (κ2) is 8.68. The molecule has 0 bridgehead atoms. The number of thioether (sulfide) groups is 1. The molecule has 0 unspecified atom stereocenters. The Labute approximate surface area is 171 Å². The number of para-hydroxylation sites is 1. The Morgan fingerprint density at radius 1 is 1.26 bits per heavy atom. The van der Waals surface area contributed by atoms with E-state index >= 15 is 0 Å². The maximum Gasteiger partial charge on any atom is 0.271 e. The van der Waals surface area contributed by atoms with Gasteiger partial charge >= 0.3 is 0 Å². The molecule has 0 fully saturated rings. The zero-order chi connectivity index (χ0) is 19.4. The number of amides is 2. The summed E-state index contributed by atoms with van der Waals surface area (Å²) in [5, 5.41) is 7.53. The Balaban J connectivity index is 1.53. The lowest BCUT2D eigenvalue weighted by atomic mass is 10.3. The first kappa shape index (κ1) is 19.6. The van der Waals surface area contributed by atoms with Crippen LogP contribution in [-0.4, -0.2) is 33.7 Å². The molecule has 0 saturated carbocycles. The van der Waals surface area contributed by atoms with Gasteiger partial charge in [-0.2, -0.15) is 0 Å². The summed E-state index contributed by atoms with van der Waals surface area (Å²) in [4.78, 5) is 40.6. The number of hydrogen-bond donors (Lipinski definition) is 2. The van der Waals surface area contributed by atoms with Gasteiger partial charge < -0.3 is 10.6 Å². The number of aromatic nitrogens is 2. The van der Waals surface area contributed by atoms with Crippen LogP contribution in [-0.2, 0) is 16.6 Å². The minimum absolute atomic E-state index is 0.0538. The molecule has 0 aliphatic carbocycles. The van der Waals surface area contributed by atoms with Crippen molar-refractivity contribution in [3.63, 3.8) is 0 Å². The molecule has 2 amide bonds. The van der Waals surface area contributed by atoms with Crippen LogP contribution in [0.4, 0.5) is 5.69 Å². The van der Waals surface area contributed by atoms with E-state index in [4.69, 9.17) is 0 Å². The summed E-state index contributed by atoms with van der Waals surface area (Å²) < 4.78 is 2.78. The highest BCUT2D eigenvalue weighted by atomic mass is 79.9. The highest BCUT2D eigenvalue weighted by molar-refractivity contribution is 9.10. The van der Waals surface area contributed by atoms with Gasteiger partial charge in [-0.1, -0.05) is 23.9 Å². The largest absolute Gasteiger partial charge is 0.346 e. The summed E-state index contributed by atoms with van der Waals surface area (Å²) in [5.74, 6) is -0.592. The molecule has 27 heavy (non-hydrogen) atoms. The van der Waals surface area contributed by atoms with Gasteiger partial charge in [0.25, 0.3) is 5.56 Å². The molecule has 0 spiro atoms. The fourth-order valence-corrected chi connectivity index (χ4v) is 4.20. The summed E-state index contributed by atoms with van der Waals surface area (Å²) >= 11 is 5.84. The number of nitrogens with one attached hydrogen (secondary N) is 2. The molecule has 0 saturated heterocycles. The summed E-state index contributed by atoms with van der Waals surface area (Å²) in [6, 6.07) is 8.99. The second-order valence-corrected chi connectivity index (χ2v) is 8.20. The van der Waals surface area contributed by atoms with Crippen LogP contribution in [0.25, 0.3) is 10.2 Å². The van der Waals surface area contributed by atoms with Crippen molar-refractivity contribution in [3.8, 4) is 0 Å². The van der Waals surface area contributed by atoms with E-state index < -0.39 is 0 Å². The monoisotopic (exact) mass is 466 g/mol. The fourth-order valence-electron chi connectivity index (χ4n) is 2.21. The van der Waals surface area contributed by atoms with E-state index in [0.717, 1.165) is 16.2 Å². The molecule has 2 aromatic heterocycles. The third-order valence-corrected chi connectivity index (χ3v) is 6.19. The van der Waals surface area contributed by atoms with Gasteiger partial charge in [-0.05, 0) is 39.5 Å². The smallest absolute Gasteiger partial charge is 0.271 e. The molecule has 2 N–H and O–H groups in total. The molecule has 3 aromatic rings. The number of fused-ring (bicyclic) bond motifs is 1. The number of rotatable bonds is 6. The van der Waals surface area contributed by atoms with Gasteiger partial charge in [0.2, 0.25) is 11.8 Å². The number of benzene rings is 1. The normalized spacial score (nSPS) is 10.7. The van der Waals surface area contributed by atoms with E-state index in [1.165, 1.54) is 15.9 Å². The quantitative estimate of drug-likeness (QED) is 0.430. The van der Waals surface area contributed by atoms with Crippen molar-refractivity contribution in [2.24, 2.45) is 7.05 Å². The maximum atomic E-state index is 12.2. The van der Waals surface area contributed by atoms with Gasteiger partial charge in [0, 0.05) is 11.5 Å². The number of thiophene rings is 1. The van der Waals surface area contributed by atoms with Gasteiger partial charge in [0.15, 0.2) is 5.16 Å². The summed E-state index contributed by atoms with van der Waals surface area (Å²) in [6.45, 7) is -0.142. The number of carbonyl (C=O) groups is 2. The molecule has 3 rings (SSSR count). The maximum absolute atomic E-state index is 12.2. The Morgan fingerprint density at radius 2 is 2.04 bits per heavy atom. The summed E-state index contributed by atoms with van der Waals surface area (Å²) in [7, 11) is 1.62. The average molecular weight is 467 g/mol. The van der Waals surface area contributed by atoms with Crippen molar-refractivity contribution in [1.29, 1.82) is 0 Å². The predicted molar refractivity (Wildman–Crippen MR) is 111 cm³/mol. The second-order valence-electron chi connectivity index (χ2n) is 5.49. The fraction of sp³-hybridized carbons (Fsp3) is 0.176. The van der Waals surface area contributed by atoms with Crippen molar-refractivity contribution in [2.75, 3.05) is 17.6 Å². The van der Waals surface area contributed by atoms with E-state index in [9.17, 15) is 14.4 Å². The van der Waals surface area contributed by atoms with E-state index in [-0.39, 0.29) is 29.7 Å². The lowest BCUT2D eigenvalue weighted by Gasteiger charge is -2.09. The molecular formula is C17H15BrN4O3S2. The number of nitrogens with zero attached hydrogens (tertiary/aromatic N) is 2. The van der Waals surface area contributed by atoms with E-state index in [2.05, 4.69) is 31.5 Å². The van der Waals surface area contributed by atoms with Crippen LogP contribution in [0.1, 0.15) is 0 Å². The molecule has 0 radical (unpaired) electrons. The highest BCUT2D eigenvalue weighted by Gasteiger charge is 2.12. The van der Waals surface area contributed by atoms with Crippen LogP contribution in [0.2, 0.25) is 0 Å². The lowest BCUT2D eigenvalue weighted by molar-refractivity contribution is -0.122.